The Bertz CT molecular complexity index is 1170. The van der Waals surface area contributed by atoms with Crippen molar-refractivity contribution in [3.05, 3.63) is 42.2 Å². The molecule has 0 amide bonds. The van der Waals surface area contributed by atoms with Crippen molar-refractivity contribution in [2.45, 2.75) is 49.7 Å². The van der Waals surface area contributed by atoms with Crippen molar-refractivity contribution in [3.63, 3.8) is 0 Å². The number of H-pyrrole nitrogens is 1. The van der Waals surface area contributed by atoms with Crippen molar-refractivity contribution in [2.75, 3.05) is 0 Å². The summed E-state index contributed by atoms with van der Waals surface area (Å²) in [6.45, 7) is 8.55. The topological polar surface area (TPSA) is 113 Å². The van der Waals surface area contributed by atoms with E-state index in [0.717, 1.165) is 5.69 Å². The average Bonchev–Trinajstić information content (AvgIpc) is 3.04. The van der Waals surface area contributed by atoms with Gasteiger partial charge in [0.25, 0.3) is 0 Å². The highest BCUT2D eigenvalue weighted by Gasteiger charge is 2.43. The molecule has 0 radical (unpaired) electrons. The second kappa shape index (κ2) is 6.41. The Morgan fingerprint density at radius 1 is 1.07 bits per heavy atom. The highest BCUT2D eigenvalue weighted by atomic mass is 32.2. The normalized spacial score (nSPS) is 13.0. The van der Waals surface area contributed by atoms with Crippen molar-refractivity contribution in [3.8, 4) is 11.5 Å². The van der Waals surface area contributed by atoms with E-state index in [4.69, 9.17) is 0 Å². The van der Waals surface area contributed by atoms with Crippen LogP contribution in [0.2, 0.25) is 0 Å². The summed E-state index contributed by atoms with van der Waals surface area (Å²) >= 11 is 0. The van der Waals surface area contributed by atoms with Gasteiger partial charge in [0.15, 0.2) is 20.4 Å². The van der Waals surface area contributed by atoms with E-state index >= 15 is 0 Å². The number of aromatic amines is 1. The van der Waals surface area contributed by atoms with Crippen molar-refractivity contribution < 1.29 is 18.3 Å². The summed E-state index contributed by atoms with van der Waals surface area (Å²) in [4.78, 5) is 23.5. The Kier molecular flexibility index (Phi) is 4.58. The van der Waals surface area contributed by atoms with Crippen LogP contribution in [0.25, 0.3) is 22.4 Å². The minimum atomic E-state index is -4.06. The van der Waals surface area contributed by atoms with Crippen LogP contribution in [0.4, 0.5) is 0 Å². The second-order valence-corrected chi connectivity index (χ2v) is 10.8. The third kappa shape index (κ3) is 3.28. The molecule has 0 saturated heterocycles. The Hall–Kier alpha value is -2.74. The van der Waals surface area contributed by atoms with Crippen LogP contribution in [-0.2, 0) is 20.0 Å². The second-order valence-electron chi connectivity index (χ2n) is 8.27. The molecule has 0 fully saturated rings. The lowest BCUT2D eigenvalue weighted by Crippen LogP contribution is -2.40. The molecule has 0 aliphatic heterocycles. The first-order chi connectivity index (χ1) is 12.8. The molecule has 3 aromatic rings. The summed E-state index contributed by atoms with van der Waals surface area (Å²) in [7, 11) is -4.06. The molecule has 8 heteroatoms. The minimum absolute atomic E-state index is 0.0395. The molecule has 1 aromatic carbocycles. The third-order valence-electron chi connectivity index (χ3n) is 4.75. The number of aliphatic carboxylic acids is 1. The van der Waals surface area contributed by atoms with Gasteiger partial charge >= 0.3 is 5.97 Å². The molecule has 7 nitrogen and oxygen atoms in total. The number of carboxylic acids is 1. The summed E-state index contributed by atoms with van der Waals surface area (Å²) in [6.07, 6.45) is 1.69. The van der Waals surface area contributed by atoms with E-state index < -0.39 is 20.6 Å². The Labute approximate surface area is 163 Å². The van der Waals surface area contributed by atoms with E-state index in [1.54, 1.807) is 18.3 Å². The summed E-state index contributed by atoms with van der Waals surface area (Å²) in [5.74, 6) is -0.881. The van der Waals surface area contributed by atoms with E-state index in [2.05, 4.69) is 35.7 Å². The maximum atomic E-state index is 12.8. The van der Waals surface area contributed by atoms with Crippen LogP contribution in [-0.4, -0.2) is 39.2 Å². The zero-order valence-corrected chi connectivity index (χ0v) is 17.3. The first kappa shape index (κ1) is 20.0. The number of rotatable bonds is 4. The largest absolute Gasteiger partial charge is 0.480 e. The van der Waals surface area contributed by atoms with Crippen LogP contribution in [0.3, 0.4) is 0 Å². The molecular formula is C20H23N3O4S. The first-order valence-electron chi connectivity index (χ1n) is 8.79. The molecule has 148 valence electrons. The van der Waals surface area contributed by atoms with Crippen molar-refractivity contribution in [1.29, 1.82) is 0 Å². The van der Waals surface area contributed by atoms with Gasteiger partial charge in [0.1, 0.15) is 0 Å². The highest BCUT2D eigenvalue weighted by molar-refractivity contribution is 7.93. The quantitative estimate of drug-likeness (QED) is 0.691. The van der Waals surface area contributed by atoms with Crippen LogP contribution >= 0.6 is 0 Å². The molecule has 2 heterocycles. The van der Waals surface area contributed by atoms with Gasteiger partial charge in [-0.2, -0.15) is 0 Å². The van der Waals surface area contributed by atoms with Crippen LogP contribution in [0, 0.1) is 0 Å². The van der Waals surface area contributed by atoms with Gasteiger partial charge in [-0.25, -0.2) is 18.4 Å². The number of nitrogens with zero attached hydrogens (tertiary/aromatic N) is 2. The predicted molar refractivity (Wildman–Crippen MR) is 107 cm³/mol. The number of fused-ring (bicyclic) bond motifs is 1. The zero-order valence-electron chi connectivity index (χ0n) is 16.4. The van der Waals surface area contributed by atoms with Crippen LogP contribution in [0.1, 0.15) is 40.3 Å². The molecule has 0 spiro atoms. The Morgan fingerprint density at radius 3 is 2.36 bits per heavy atom. The van der Waals surface area contributed by atoms with Gasteiger partial charge in [-0.15, -0.1) is 0 Å². The number of aromatic nitrogens is 3. The lowest BCUT2D eigenvalue weighted by Gasteiger charge is -2.19. The SMILES string of the molecule is CC(C)(C)c1ccnc(-c2cc3cc(S(=O)(=O)C(C)(C)C(=O)O)ccc3[nH]2)n1. The number of hydrogen-bond donors (Lipinski definition) is 2. The van der Waals surface area contributed by atoms with E-state index in [9.17, 15) is 18.3 Å². The van der Waals surface area contributed by atoms with Gasteiger partial charge in [-0.3, -0.25) is 4.79 Å². The molecule has 2 N–H and O–H groups in total. The molecule has 0 saturated carbocycles. The average molecular weight is 401 g/mol. The van der Waals surface area contributed by atoms with Gasteiger partial charge in [0.05, 0.1) is 10.6 Å². The number of nitrogens with one attached hydrogen (secondary N) is 1. The Morgan fingerprint density at radius 2 is 1.75 bits per heavy atom. The molecule has 0 aliphatic carbocycles. The summed E-state index contributed by atoms with van der Waals surface area (Å²) in [5.41, 5.74) is 2.13. The summed E-state index contributed by atoms with van der Waals surface area (Å²) in [6, 6.07) is 8.14. The molecule has 0 bridgehead atoms. The van der Waals surface area contributed by atoms with Crippen LogP contribution in [0.5, 0.6) is 0 Å². The maximum absolute atomic E-state index is 12.8. The molecule has 3 rings (SSSR count). The lowest BCUT2D eigenvalue weighted by molar-refractivity contribution is -0.139. The van der Waals surface area contributed by atoms with Gasteiger partial charge in [0.2, 0.25) is 0 Å². The van der Waals surface area contributed by atoms with Gasteiger partial charge < -0.3 is 10.1 Å². The summed E-state index contributed by atoms with van der Waals surface area (Å²) in [5, 5.41) is 9.93. The van der Waals surface area contributed by atoms with Crippen LogP contribution < -0.4 is 0 Å². The number of hydrogen-bond acceptors (Lipinski definition) is 5. The molecule has 28 heavy (non-hydrogen) atoms. The van der Waals surface area contributed by atoms with E-state index in [1.807, 2.05) is 6.07 Å². The molecular weight excluding hydrogens is 378 g/mol. The zero-order chi connectivity index (χ0) is 20.9. The van der Waals surface area contributed by atoms with E-state index in [1.165, 1.54) is 26.0 Å². The van der Waals surface area contributed by atoms with Crippen LogP contribution in [0.15, 0.2) is 41.4 Å². The van der Waals surface area contributed by atoms with E-state index in [0.29, 0.717) is 22.4 Å². The molecule has 0 aliphatic rings. The fraction of sp³-hybridized carbons (Fsp3) is 0.350. The van der Waals surface area contributed by atoms with Gasteiger partial charge in [-0.05, 0) is 44.2 Å². The number of carbonyl (C=O) groups is 1. The fourth-order valence-electron chi connectivity index (χ4n) is 2.71. The molecule has 0 unspecified atom stereocenters. The third-order valence-corrected chi connectivity index (χ3v) is 7.15. The lowest BCUT2D eigenvalue weighted by atomic mass is 9.92. The maximum Gasteiger partial charge on any atom is 0.324 e. The first-order valence-corrected chi connectivity index (χ1v) is 10.3. The molecule has 0 atom stereocenters. The number of sulfone groups is 1. The monoisotopic (exact) mass is 401 g/mol. The Balaban J connectivity index is 2.09. The number of benzene rings is 1. The van der Waals surface area contributed by atoms with Gasteiger partial charge in [-0.1, -0.05) is 20.8 Å². The van der Waals surface area contributed by atoms with Crippen molar-refractivity contribution >= 4 is 26.7 Å². The smallest absolute Gasteiger partial charge is 0.324 e. The minimum Gasteiger partial charge on any atom is -0.480 e. The van der Waals surface area contributed by atoms with Gasteiger partial charge in [0, 0.05) is 28.2 Å². The summed E-state index contributed by atoms with van der Waals surface area (Å²) < 4.78 is 23.6. The number of carboxylic acid groups (broad SMARTS) is 1. The van der Waals surface area contributed by atoms with Crippen molar-refractivity contribution in [1.82, 2.24) is 15.0 Å². The highest BCUT2D eigenvalue weighted by Crippen LogP contribution is 2.30. The molecule has 2 aromatic heterocycles. The standard InChI is InChI=1S/C20H23N3O4S/c1-19(2,3)16-8-9-21-17(23-16)15-11-12-10-13(6-7-14(12)22-15)28(26,27)20(4,5)18(24)25/h6-11,22H,1-5H3,(H,24,25). The fourth-order valence-corrected chi connectivity index (χ4v) is 4.06. The van der Waals surface area contributed by atoms with Crippen molar-refractivity contribution in [2.24, 2.45) is 0 Å². The predicted octanol–water partition coefficient (Wildman–Crippen LogP) is 3.56. The van der Waals surface area contributed by atoms with E-state index in [-0.39, 0.29) is 10.3 Å².